The smallest absolute Gasteiger partial charge is 0.393 e. The van der Waals surface area contributed by atoms with Crippen LogP contribution in [0.5, 0.6) is 5.88 Å². The number of nitrogens with two attached hydrogens (primary N) is 1. The van der Waals surface area contributed by atoms with E-state index in [9.17, 15) is 21.6 Å². The lowest BCUT2D eigenvalue weighted by atomic mass is 10.1. The summed E-state index contributed by atoms with van der Waals surface area (Å²) in [4.78, 5) is 4.00. The number of nitrogens with zero attached hydrogens (tertiary/aromatic N) is 3. The van der Waals surface area contributed by atoms with Crippen molar-refractivity contribution in [2.75, 3.05) is 39.5 Å². The van der Waals surface area contributed by atoms with Crippen LogP contribution in [0.3, 0.4) is 0 Å². The molecule has 0 bridgehead atoms. The molecule has 0 aromatic carbocycles. The molecule has 158 valence electrons. The second-order valence-electron chi connectivity index (χ2n) is 6.73. The van der Waals surface area contributed by atoms with Gasteiger partial charge in [-0.1, -0.05) is 0 Å². The van der Waals surface area contributed by atoms with E-state index in [1.54, 1.807) is 12.1 Å². The van der Waals surface area contributed by atoms with Gasteiger partial charge < -0.3 is 15.2 Å². The average Bonchev–Trinajstić information content (AvgIpc) is 3.13. The van der Waals surface area contributed by atoms with E-state index < -0.39 is 34.9 Å². The first kappa shape index (κ1) is 21.2. The van der Waals surface area contributed by atoms with Gasteiger partial charge in [0.25, 0.3) is 10.2 Å². The molecule has 1 aromatic heterocycles. The SMILES string of the molecule is NCc1ccnc(OC[C@@H]2C[C@H](C(F)(F)F)CN2S(=O)(=O)N2CCOCC2)c1. The summed E-state index contributed by atoms with van der Waals surface area (Å²) in [7, 11) is -4.06. The topological polar surface area (TPSA) is 98.0 Å². The minimum Gasteiger partial charge on any atom is -0.476 e. The molecule has 12 heteroatoms. The van der Waals surface area contributed by atoms with Gasteiger partial charge in [-0.05, 0) is 18.1 Å². The van der Waals surface area contributed by atoms with Crippen LogP contribution in [0.15, 0.2) is 18.3 Å². The van der Waals surface area contributed by atoms with Gasteiger partial charge in [-0.2, -0.15) is 30.2 Å². The van der Waals surface area contributed by atoms with Crippen LogP contribution in [0.4, 0.5) is 13.2 Å². The van der Waals surface area contributed by atoms with E-state index in [2.05, 4.69) is 4.98 Å². The minimum atomic E-state index is -4.48. The Hall–Kier alpha value is -1.47. The number of alkyl halides is 3. The molecule has 2 N–H and O–H groups in total. The molecule has 0 spiro atoms. The van der Waals surface area contributed by atoms with Crippen molar-refractivity contribution in [1.29, 1.82) is 0 Å². The largest absolute Gasteiger partial charge is 0.476 e. The van der Waals surface area contributed by atoms with E-state index in [-0.39, 0.29) is 51.8 Å². The Bertz CT molecular complexity index is 771. The van der Waals surface area contributed by atoms with E-state index in [1.807, 2.05) is 0 Å². The van der Waals surface area contributed by atoms with Crippen molar-refractivity contribution in [3.63, 3.8) is 0 Å². The third kappa shape index (κ3) is 4.74. The van der Waals surface area contributed by atoms with Gasteiger partial charge >= 0.3 is 6.18 Å². The highest BCUT2D eigenvalue weighted by molar-refractivity contribution is 7.86. The van der Waals surface area contributed by atoms with Gasteiger partial charge in [0.1, 0.15) is 6.61 Å². The summed E-state index contributed by atoms with van der Waals surface area (Å²) < 4.78 is 78.4. The maximum Gasteiger partial charge on any atom is 0.393 e. The average molecular weight is 424 g/mol. The highest BCUT2D eigenvalue weighted by atomic mass is 32.2. The fourth-order valence-electron chi connectivity index (χ4n) is 3.32. The Kier molecular flexibility index (Phi) is 6.44. The van der Waals surface area contributed by atoms with E-state index in [0.717, 1.165) is 14.2 Å². The fraction of sp³-hybridized carbons (Fsp3) is 0.688. The van der Waals surface area contributed by atoms with Crippen molar-refractivity contribution in [1.82, 2.24) is 13.6 Å². The molecule has 0 aliphatic carbocycles. The molecule has 3 heterocycles. The molecule has 2 aliphatic heterocycles. The Morgan fingerprint density at radius 3 is 2.68 bits per heavy atom. The van der Waals surface area contributed by atoms with Gasteiger partial charge in [0, 0.05) is 38.4 Å². The van der Waals surface area contributed by atoms with E-state index in [0.29, 0.717) is 0 Å². The summed E-state index contributed by atoms with van der Waals surface area (Å²) in [5.41, 5.74) is 6.31. The van der Waals surface area contributed by atoms with Gasteiger partial charge in [-0.15, -0.1) is 0 Å². The number of halogens is 3. The fourth-order valence-corrected chi connectivity index (χ4v) is 5.12. The van der Waals surface area contributed by atoms with Crippen LogP contribution in [-0.4, -0.2) is 73.7 Å². The van der Waals surface area contributed by atoms with Crippen molar-refractivity contribution >= 4 is 10.2 Å². The molecular formula is C16H23F3N4O4S. The highest BCUT2D eigenvalue weighted by Crippen LogP contribution is 2.38. The number of aromatic nitrogens is 1. The normalized spacial score (nSPS) is 25.1. The number of rotatable bonds is 6. The Balaban J connectivity index is 1.77. The third-order valence-electron chi connectivity index (χ3n) is 4.88. The number of hydrogen-bond donors (Lipinski definition) is 1. The van der Waals surface area contributed by atoms with Crippen molar-refractivity contribution in [2.24, 2.45) is 11.7 Å². The van der Waals surface area contributed by atoms with E-state index in [1.165, 1.54) is 6.20 Å². The van der Waals surface area contributed by atoms with Gasteiger partial charge in [0.2, 0.25) is 5.88 Å². The van der Waals surface area contributed by atoms with Gasteiger partial charge in [0.05, 0.1) is 25.2 Å². The Labute approximate surface area is 161 Å². The van der Waals surface area contributed by atoms with Crippen LogP contribution < -0.4 is 10.5 Å². The van der Waals surface area contributed by atoms with Crippen LogP contribution >= 0.6 is 0 Å². The number of pyridine rings is 1. The second-order valence-corrected chi connectivity index (χ2v) is 8.62. The molecular weight excluding hydrogens is 401 g/mol. The Morgan fingerprint density at radius 2 is 2.04 bits per heavy atom. The molecule has 2 saturated heterocycles. The Morgan fingerprint density at radius 1 is 1.32 bits per heavy atom. The highest BCUT2D eigenvalue weighted by Gasteiger charge is 2.52. The van der Waals surface area contributed by atoms with Crippen molar-refractivity contribution in [3.05, 3.63) is 23.9 Å². The van der Waals surface area contributed by atoms with E-state index in [4.69, 9.17) is 15.2 Å². The van der Waals surface area contributed by atoms with Gasteiger partial charge in [-0.3, -0.25) is 0 Å². The van der Waals surface area contributed by atoms with Crippen LogP contribution in [0, 0.1) is 5.92 Å². The van der Waals surface area contributed by atoms with Gasteiger partial charge in [0.15, 0.2) is 0 Å². The summed E-state index contributed by atoms with van der Waals surface area (Å²) in [6.45, 7) is 0.0759. The summed E-state index contributed by atoms with van der Waals surface area (Å²) >= 11 is 0. The molecule has 0 amide bonds. The molecule has 0 unspecified atom stereocenters. The number of morpholine rings is 1. The first-order valence-electron chi connectivity index (χ1n) is 8.91. The number of ether oxygens (including phenoxy) is 2. The quantitative estimate of drug-likeness (QED) is 0.724. The molecule has 2 atom stereocenters. The maximum atomic E-state index is 13.3. The third-order valence-corrected chi connectivity index (χ3v) is 6.94. The predicted octanol–water partition coefficient (Wildman–Crippen LogP) is 0.749. The molecule has 8 nitrogen and oxygen atoms in total. The van der Waals surface area contributed by atoms with Crippen LogP contribution in [0.2, 0.25) is 0 Å². The summed E-state index contributed by atoms with van der Waals surface area (Å²) in [5, 5.41) is 0. The minimum absolute atomic E-state index is 0.114. The van der Waals surface area contributed by atoms with Crippen molar-refractivity contribution in [2.45, 2.75) is 25.2 Å². The second kappa shape index (κ2) is 8.49. The van der Waals surface area contributed by atoms with Crippen LogP contribution in [0.1, 0.15) is 12.0 Å². The number of hydrogen-bond acceptors (Lipinski definition) is 6. The first-order chi connectivity index (χ1) is 13.2. The lowest BCUT2D eigenvalue weighted by Crippen LogP contribution is -2.51. The van der Waals surface area contributed by atoms with Gasteiger partial charge in [-0.25, -0.2) is 4.98 Å². The molecule has 2 fully saturated rings. The summed E-state index contributed by atoms with van der Waals surface area (Å²) in [6.07, 6.45) is -3.36. The van der Waals surface area contributed by atoms with E-state index >= 15 is 0 Å². The maximum absolute atomic E-state index is 13.3. The molecule has 28 heavy (non-hydrogen) atoms. The first-order valence-corrected chi connectivity index (χ1v) is 10.3. The monoisotopic (exact) mass is 424 g/mol. The van der Waals surface area contributed by atoms with Crippen molar-refractivity contribution < 1.29 is 31.1 Å². The predicted molar refractivity (Wildman–Crippen MR) is 93.6 cm³/mol. The molecule has 3 rings (SSSR count). The molecule has 2 aliphatic rings. The zero-order valence-corrected chi connectivity index (χ0v) is 16.0. The lowest BCUT2D eigenvalue weighted by Gasteiger charge is -2.32. The zero-order chi connectivity index (χ0) is 20.4. The molecule has 0 saturated carbocycles. The van der Waals surface area contributed by atoms with Crippen LogP contribution in [-0.2, 0) is 21.5 Å². The molecule has 1 aromatic rings. The molecule has 0 radical (unpaired) electrons. The summed E-state index contributed by atoms with van der Waals surface area (Å²) in [6, 6.07) is 2.33. The summed E-state index contributed by atoms with van der Waals surface area (Å²) in [5.74, 6) is -1.54. The standard InChI is InChI=1S/C16H23F3N4O4S/c17-16(18,19)13-8-14(11-27-15-7-12(9-20)1-2-21-15)23(10-13)28(24,25)22-3-5-26-6-4-22/h1-2,7,13-14H,3-6,8-11,20H2/t13-,14-/m0/s1. The zero-order valence-electron chi connectivity index (χ0n) is 15.1. The van der Waals surface area contributed by atoms with Crippen molar-refractivity contribution in [3.8, 4) is 5.88 Å². The lowest BCUT2D eigenvalue weighted by molar-refractivity contribution is -0.170. The van der Waals surface area contributed by atoms with Crippen LogP contribution in [0.25, 0.3) is 0 Å².